The molecule has 0 saturated heterocycles. The molecule has 0 aromatic heterocycles. The molecular weight excluding hydrogens is 292 g/mol. The fraction of sp³-hybridized carbons (Fsp3) is 0.500. The van der Waals surface area contributed by atoms with Gasteiger partial charge in [-0.25, -0.2) is 17.9 Å². The lowest BCUT2D eigenvalue weighted by atomic mass is 10.1. The van der Waals surface area contributed by atoms with E-state index in [2.05, 4.69) is 14.8 Å². The highest BCUT2D eigenvalue weighted by atomic mass is 32.2. The predicted octanol–water partition coefficient (Wildman–Crippen LogP) is 0.891. The lowest BCUT2D eigenvalue weighted by molar-refractivity contribution is 0.0600. The quantitative estimate of drug-likeness (QED) is 0.550. The molecule has 0 radical (unpaired) electrons. The Labute approximate surface area is 125 Å². The second-order valence-corrected chi connectivity index (χ2v) is 6.76. The van der Waals surface area contributed by atoms with Gasteiger partial charge in [-0.1, -0.05) is 26.0 Å². The first-order valence-corrected chi connectivity index (χ1v) is 8.37. The molecule has 0 fully saturated rings. The average Bonchev–Trinajstić information content (AvgIpc) is 2.42. The SMILES string of the molecule is COC(=O)c1cccc(CS(=O)(=O)NCCNC(C)C)c1. The van der Waals surface area contributed by atoms with Crippen LogP contribution in [0.3, 0.4) is 0 Å². The molecule has 118 valence electrons. The van der Waals surface area contributed by atoms with E-state index in [1.54, 1.807) is 18.2 Å². The van der Waals surface area contributed by atoms with Crippen LogP contribution in [0.15, 0.2) is 24.3 Å². The Balaban J connectivity index is 2.60. The molecule has 21 heavy (non-hydrogen) atoms. The number of hydrogen-bond donors (Lipinski definition) is 2. The third-order valence-corrected chi connectivity index (χ3v) is 4.06. The summed E-state index contributed by atoms with van der Waals surface area (Å²) in [5.41, 5.74) is 0.883. The average molecular weight is 314 g/mol. The van der Waals surface area contributed by atoms with Crippen LogP contribution < -0.4 is 10.0 Å². The second-order valence-electron chi connectivity index (χ2n) is 4.95. The highest BCUT2D eigenvalue weighted by Gasteiger charge is 2.13. The van der Waals surface area contributed by atoms with Gasteiger partial charge >= 0.3 is 5.97 Å². The van der Waals surface area contributed by atoms with Gasteiger partial charge in [0, 0.05) is 19.1 Å². The predicted molar refractivity (Wildman–Crippen MR) is 81.5 cm³/mol. The topological polar surface area (TPSA) is 84.5 Å². The summed E-state index contributed by atoms with van der Waals surface area (Å²) < 4.78 is 31.0. The van der Waals surface area contributed by atoms with Crippen molar-refractivity contribution in [2.75, 3.05) is 20.2 Å². The number of esters is 1. The minimum Gasteiger partial charge on any atom is -0.465 e. The molecule has 0 saturated carbocycles. The van der Waals surface area contributed by atoms with Crippen molar-refractivity contribution in [1.29, 1.82) is 0 Å². The molecule has 1 aromatic rings. The maximum atomic E-state index is 11.9. The monoisotopic (exact) mass is 314 g/mol. The van der Waals surface area contributed by atoms with Crippen molar-refractivity contribution in [3.8, 4) is 0 Å². The molecule has 7 heteroatoms. The van der Waals surface area contributed by atoms with E-state index in [4.69, 9.17) is 0 Å². The fourth-order valence-corrected chi connectivity index (χ4v) is 2.88. The molecule has 0 unspecified atom stereocenters. The largest absolute Gasteiger partial charge is 0.465 e. The molecule has 2 N–H and O–H groups in total. The van der Waals surface area contributed by atoms with Crippen LogP contribution in [0.25, 0.3) is 0 Å². The first-order chi connectivity index (χ1) is 9.84. The van der Waals surface area contributed by atoms with E-state index in [-0.39, 0.29) is 5.75 Å². The number of ether oxygens (including phenoxy) is 1. The second kappa shape index (κ2) is 8.11. The van der Waals surface area contributed by atoms with Gasteiger partial charge in [0.2, 0.25) is 10.0 Å². The Hall–Kier alpha value is -1.44. The summed E-state index contributed by atoms with van der Waals surface area (Å²) in [6.45, 7) is 4.88. The standard InChI is InChI=1S/C14H22N2O4S/c1-11(2)15-7-8-16-21(18,19)10-12-5-4-6-13(9-12)14(17)20-3/h4-6,9,11,15-16H,7-8,10H2,1-3H3. The maximum absolute atomic E-state index is 11.9. The zero-order chi connectivity index (χ0) is 15.9. The van der Waals surface area contributed by atoms with Gasteiger partial charge in [-0.2, -0.15) is 0 Å². The van der Waals surface area contributed by atoms with Crippen molar-refractivity contribution >= 4 is 16.0 Å². The summed E-state index contributed by atoms with van der Waals surface area (Å²) in [5, 5.41) is 3.13. The molecular formula is C14H22N2O4S. The van der Waals surface area contributed by atoms with Crippen molar-refractivity contribution in [3.05, 3.63) is 35.4 Å². The highest BCUT2D eigenvalue weighted by molar-refractivity contribution is 7.88. The van der Waals surface area contributed by atoms with Gasteiger partial charge in [0.25, 0.3) is 0 Å². The highest BCUT2D eigenvalue weighted by Crippen LogP contribution is 2.09. The van der Waals surface area contributed by atoms with E-state index in [1.165, 1.54) is 13.2 Å². The summed E-state index contributed by atoms with van der Waals surface area (Å²) in [4.78, 5) is 11.4. The minimum absolute atomic E-state index is 0.167. The van der Waals surface area contributed by atoms with Gasteiger partial charge in [0.05, 0.1) is 18.4 Å². The van der Waals surface area contributed by atoms with Gasteiger partial charge in [-0.15, -0.1) is 0 Å². The summed E-state index contributed by atoms with van der Waals surface area (Å²) in [6, 6.07) is 6.72. The normalized spacial score (nSPS) is 11.6. The molecule has 0 spiro atoms. The van der Waals surface area contributed by atoms with Crippen LogP contribution in [-0.2, 0) is 20.5 Å². The molecule has 6 nitrogen and oxygen atoms in total. The fourth-order valence-electron chi connectivity index (χ4n) is 1.74. The van der Waals surface area contributed by atoms with Crippen LogP contribution in [0.1, 0.15) is 29.8 Å². The summed E-state index contributed by atoms with van der Waals surface area (Å²) in [7, 11) is -2.14. The van der Waals surface area contributed by atoms with E-state index in [0.717, 1.165) is 0 Å². The Bertz CT molecular complexity index is 570. The van der Waals surface area contributed by atoms with Crippen molar-refractivity contribution in [1.82, 2.24) is 10.0 Å². The molecule has 1 aromatic carbocycles. The van der Waals surface area contributed by atoms with Crippen LogP contribution in [0.5, 0.6) is 0 Å². The van der Waals surface area contributed by atoms with Crippen LogP contribution in [-0.4, -0.2) is 40.6 Å². The number of benzene rings is 1. The zero-order valence-corrected chi connectivity index (χ0v) is 13.4. The molecule has 0 aliphatic rings. The minimum atomic E-state index is -3.42. The molecule has 0 heterocycles. The van der Waals surface area contributed by atoms with Gasteiger partial charge in [0.1, 0.15) is 0 Å². The summed E-state index contributed by atoms with van der Waals surface area (Å²) in [6.07, 6.45) is 0. The third kappa shape index (κ3) is 6.70. The molecule has 0 atom stereocenters. The number of rotatable bonds is 8. The van der Waals surface area contributed by atoms with Gasteiger partial charge in [-0.3, -0.25) is 0 Å². The number of carbonyl (C=O) groups excluding carboxylic acids is 1. The Kier molecular flexibility index (Phi) is 6.80. The molecule has 0 bridgehead atoms. The first kappa shape index (κ1) is 17.6. The number of methoxy groups -OCH3 is 1. The smallest absolute Gasteiger partial charge is 0.337 e. The van der Waals surface area contributed by atoms with Gasteiger partial charge < -0.3 is 10.1 Å². The Morgan fingerprint density at radius 1 is 1.29 bits per heavy atom. The molecule has 0 aliphatic heterocycles. The van der Waals surface area contributed by atoms with Crippen molar-refractivity contribution in [2.24, 2.45) is 0 Å². The van der Waals surface area contributed by atoms with E-state index in [9.17, 15) is 13.2 Å². The molecule has 1 rings (SSSR count). The number of hydrogen-bond acceptors (Lipinski definition) is 5. The van der Waals surface area contributed by atoms with Crippen molar-refractivity contribution in [3.63, 3.8) is 0 Å². The van der Waals surface area contributed by atoms with Gasteiger partial charge in [0.15, 0.2) is 0 Å². The number of nitrogens with one attached hydrogen (secondary N) is 2. The Morgan fingerprint density at radius 2 is 2.00 bits per heavy atom. The third-order valence-electron chi connectivity index (χ3n) is 2.70. The van der Waals surface area contributed by atoms with Crippen molar-refractivity contribution in [2.45, 2.75) is 25.6 Å². The Morgan fingerprint density at radius 3 is 2.62 bits per heavy atom. The van der Waals surface area contributed by atoms with E-state index < -0.39 is 16.0 Å². The maximum Gasteiger partial charge on any atom is 0.337 e. The van der Waals surface area contributed by atoms with Crippen LogP contribution >= 0.6 is 0 Å². The molecule has 0 amide bonds. The van der Waals surface area contributed by atoms with E-state index in [1.807, 2.05) is 13.8 Å². The van der Waals surface area contributed by atoms with Crippen LogP contribution in [0, 0.1) is 0 Å². The lowest BCUT2D eigenvalue weighted by Gasteiger charge is -2.10. The summed E-state index contributed by atoms with van der Waals surface area (Å²) in [5.74, 6) is -0.650. The number of carbonyl (C=O) groups is 1. The summed E-state index contributed by atoms with van der Waals surface area (Å²) >= 11 is 0. The van der Waals surface area contributed by atoms with E-state index >= 15 is 0 Å². The van der Waals surface area contributed by atoms with Crippen LogP contribution in [0.4, 0.5) is 0 Å². The zero-order valence-electron chi connectivity index (χ0n) is 12.5. The molecule has 0 aliphatic carbocycles. The first-order valence-electron chi connectivity index (χ1n) is 6.72. The van der Waals surface area contributed by atoms with E-state index in [0.29, 0.717) is 30.3 Å². The van der Waals surface area contributed by atoms with Crippen molar-refractivity contribution < 1.29 is 17.9 Å². The van der Waals surface area contributed by atoms with Gasteiger partial charge in [-0.05, 0) is 17.7 Å². The lowest BCUT2D eigenvalue weighted by Crippen LogP contribution is -2.35. The van der Waals surface area contributed by atoms with Crippen LogP contribution in [0.2, 0.25) is 0 Å². The number of sulfonamides is 1.